The fraction of sp³-hybridized carbons (Fsp3) is 0.909. The third-order valence-electron chi connectivity index (χ3n) is 3.78. The van der Waals surface area contributed by atoms with Gasteiger partial charge in [-0.1, -0.05) is 0 Å². The Morgan fingerprint density at radius 3 is 2.93 bits per heavy atom. The fourth-order valence-electron chi connectivity index (χ4n) is 3.29. The van der Waals surface area contributed by atoms with Gasteiger partial charge in [0.15, 0.2) is 5.79 Å². The maximum absolute atomic E-state index is 11.5. The molecule has 78 valence electrons. The highest BCUT2D eigenvalue weighted by atomic mass is 16.8. The lowest BCUT2D eigenvalue weighted by Gasteiger charge is -2.21. The molecule has 3 heteroatoms. The van der Waals surface area contributed by atoms with Gasteiger partial charge in [0.25, 0.3) is 0 Å². The molecular formula is C11H16O3. The van der Waals surface area contributed by atoms with Gasteiger partial charge in [-0.05, 0) is 32.6 Å². The maximum atomic E-state index is 11.5. The zero-order valence-electron chi connectivity index (χ0n) is 8.66. The van der Waals surface area contributed by atoms with Crippen molar-refractivity contribution in [3.05, 3.63) is 0 Å². The minimum absolute atomic E-state index is 0.171. The average Bonchev–Trinajstić information content (AvgIpc) is 2.63. The van der Waals surface area contributed by atoms with Crippen LogP contribution < -0.4 is 0 Å². The van der Waals surface area contributed by atoms with Gasteiger partial charge >= 0.3 is 0 Å². The van der Waals surface area contributed by atoms with Gasteiger partial charge in [0.1, 0.15) is 5.78 Å². The summed E-state index contributed by atoms with van der Waals surface area (Å²) in [5.74, 6) is 0.663. The van der Waals surface area contributed by atoms with Crippen LogP contribution in [0.1, 0.15) is 33.1 Å². The normalized spacial score (nSPS) is 49.4. The van der Waals surface area contributed by atoms with Crippen molar-refractivity contribution < 1.29 is 14.3 Å². The van der Waals surface area contributed by atoms with Gasteiger partial charge in [-0.2, -0.15) is 0 Å². The molecule has 3 aliphatic rings. The van der Waals surface area contributed by atoms with E-state index in [1.54, 1.807) is 0 Å². The number of hydrogen-bond acceptors (Lipinski definition) is 3. The molecule has 0 N–H and O–H groups in total. The number of carbonyl (C=O) groups is 1. The smallest absolute Gasteiger partial charge is 0.163 e. The fourth-order valence-corrected chi connectivity index (χ4v) is 3.29. The van der Waals surface area contributed by atoms with Crippen LogP contribution in [0.4, 0.5) is 0 Å². The Morgan fingerprint density at radius 1 is 1.36 bits per heavy atom. The second-order valence-corrected chi connectivity index (χ2v) is 5.15. The van der Waals surface area contributed by atoms with Gasteiger partial charge in [-0.15, -0.1) is 0 Å². The largest absolute Gasteiger partial charge is 0.345 e. The molecule has 3 rings (SSSR count). The number of hydrogen-bond donors (Lipinski definition) is 0. The summed E-state index contributed by atoms with van der Waals surface area (Å²) in [7, 11) is 0. The van der Waals surface area contributed by atoms with E-state index in [1.807, 2.05) is 13.8 Å². The van der Waals surface area contributed by atoms with Gasteiger partial charge in [-0.25, -0.2) is 0 Å². The SMILES string of the molecule is CC1(C)O[C@@H]2[C@@H]3CCC(=O)[C@@H]3C[C@@H]2O1. The number of rotatable bonds is 0. The Bertz CT molecular complexity index is 284. The van der Waals surface area contributed by atoms with Gasteiger partial charge in [0.2, 0.25) is 0 Å². The first-order valence-electron chi connectivity index (χ1n) is 5.45. The molecule has 4 atom stereocenters. The van der Waals surface area contributed by atoms with Crippen molar-refractivity contribution in [1.82, 2.24) is 0 Å². The van der Waals surface area contributed by atoms with E-state index in [0.717, 1.165) is 19.3 Å². The summed E-state index contributed by atoms with van der Waals surface area (Å²) < 4.78 is 11.6. The average molecular weight is 196 g/mol. The molecule has 0 aromatic heterocycles. The number of ether oxygens (including phenoxy) is 2. The quantitative estimate of drug-likeness (QED) is 0.589. The lowest BCUT2D eigenvalue weighted by atomic mass is 9.99. The molecule has 1 aliphatic heterocycles. The van der Waals surface area contributed by atoms with Crippen molar-refractivity contribution in [1.29, 1.82) is 0 Å². The van der Waals surface area contributed by atoms with Crippen LogP contribution in [0.2, 0.25) is 0 Å². The van der Waals surface area contributed by atoms with E-state index in [4.69, 9.17) is 9.47 Å². The lowest BCUT2D eigenvalue weighted by molar-refractivity contribution is -0.160. The van der Waals surface area contributed by atoms with Crippen LogP contribution in [0.3, 0.4) is 0 Å². The minimum Gasteiger partial charge on any atom is -0.345 e. The number of Topliss-reactive ketones (excluding diaryl/α,β-unsaturated/α-hetero) is 1. The van der Waals surface area contributed by atoms with Gasteiger partial charge < -0.3 is 9.47 Å². The molecule has 1 saturated heterocycles. The summed E-state index contributed by atoms with van der Waals surface area (Å²) in [6.07, 6.45) is 3.00. The molecule has 0 aromatic carbocycles. The molecule has 0 radical (unpaired) electrons. The van der Waals surface area contributed by atoms with Crippen LogP contribution in [0.25, 0.3) is 0 Å². The standard InChI is InChI=1S/C11H16O3/c1-11(2)13-9-5-7-6(10(9)14-11)3-4-8(7)12/h6-7,9-10H,3-5H2,1-2H3/t6-,7-,9+,10-/m1/s1. The Morgan fingerprint density at radius 2 is 2.14 bits per heavy atom. The third kappa shape index (κ3) is 1.09. The summed E-state index contributed by atoms with van der Waals surface area (Å²) in [6, 6.07) is 0. The molecule has 0 amide bonds. The summed E-state index contributed by atoms with van der Waals surface area (Å²) in [6.45, 7) is 3.91. The molecule has 0 unspecified atom stereocenters. The molecule has 2 saturated carbocycles. The molecular weight excluding hydrogens is 180 g/mol. The Hall–Kier alpha value is -0.410. The third-order valence-corrected chi connectivity index (χ3v) is 3.78. The number of fused-ring (bicyclic) bond motifs is 3. The molecule has 1 heterocycles. The van der Waals surface area contributed by atoms with Crippen molar-refractivity contribution >= 4 is 5.78 Å². The van der Waals surface area contributed by atoms with Crippen LogP contribution in [0.5, 0.6) is 0 Å². The minimum atomic E-state index is -0.439. The van der Waals surface area contributed by atoms with Crippen LogP contribution in [0.15, 0.2) is 0 Å². The van der Waals surface area contributed by atoms with Crippen LogP contribution in [-0.2, 0) is 14.3 Å². The van der Waals surface area contributed by atoms with Gasteiger partial charge in [0, 0.05) is 12.3 Å². The summed E-state index contributed by atoms with van der Waals surface area (Å²) in [4.78, 5) is 11.5. The summed E-state index contributed by atoms with van der Waals surface area (Å²) in [5, 5.41) is 0. The van der Waals surface area contributed by atoms with E-state index in [0.29, 0.717) is 11.7 Å². The molecule has 0 bridgehead atoms. The Balaban J connectivity index is 1.83. The summed E-state index contributed by atoms with van der Waals surface area (Å²) in [5.41, 5.74) is 0. The molecule has 0 spiro atoms. The van der Waals surface area contributed by atoms with Crippen molar-refractivity contribution in [3.63, 3.8) is 0 Å². The first-order valence-corrected chi connectivity index (χ1v) is 5.45. The second-order valence-electron chi connectivity index (χ2n) is 5.15. The van der Waals surface area contributed by atoms with E-state index in [9.17, 15) is 4.79 Å². The highest BCUT2D eigenvalue weighted by Gasteiger charge is 2.56. The van der Waals surface area contributed by atoms with Crippen molar-refractivity contribution in [2.45, 2.75) is 51.1 Å². The van der Waals surface area contributed by atoms with Crippen LogP contribution >= 0.6 is 0 Å². The van der Waals surface area contributed by atoms with E-state index in [-0.39, 0.29) is 18.1 Å². The van der Waals surface area contributed by atoms with Crippen molar-refractivity contribution in [2.75, 3.05) is 0 Å². The molecule has 2 aliphatic carbocycles. The predicted octanol–water partition coefficient (Wildman–Crippen LogP) is 1.51. The zero-order chi connectivity index (χ0) is 9.92. The van der Waals surface area contributed by atoms with E-state index in [2.05, 4.69) is 0 Å². The van der Waals surface area contributed by atoms with E-state index >= 15 is 0 Å². The molecule has 3 fully saturated rings. The maximum Gasteiger partial charge on any atom is 0.163 e. The van der Waals surface area contributed by atoms with Crippen LogP contribution in [-0.4, -0.2) is 23.8 Å². The van der Waals surface area contributed by atoms with Gasteiger partial charge in [-0.3, -0.25) is 4.79 Å². The predicted molar refractivity (Wildman–Crippen MR) is 49.7 cm³/mol. The molecule has 0 aromatic rings. The van der Waals surface area contributed by atoms with E-state index < -0.39 is 5.79 Å². The highest BCUT2D eigenvalue weighted by molar-refractivity contribution is 5.84. The highest BCUT2D eigenvalue weighted by Crippen LogP contribution is 2.49. The van der Waals surface area contributed by atoms with Crippen molar-refractivity contribution in [2.24, 2.45) is 11.8 Å². The summed E-state index contributed by atoms with van der Waals surface area (Å²) >= 11 is 0. The number of ketones is 1. The second kappa shape index (κ2) is 2.58. The molecule has 14 heavy (non-hydrogen) atoms. The lowest BCUT2D eigenvalue weighted by Crippen LogP contribution is -2.26. The first-order chi connectivity index (χ1) is 6.57. The zero-order valence-corrected chi connectivity index (χ0v) is 8.66. The topological polar surface area (TPSA) is 35.5 Å². The van der Waals surface area contributed by atoms with Crippen LogP contribution in [0, 0.1) is 11.8 Å². The Kier molecular flexibility index (Phi) is 1.63. The Labute approximate surface area is 83.8 Å². The van der Waals surface area contributed by atoms with Crippen molar-refractivity contribution in [3.8, 4) is 0 Å². The van der Waals surface area contributed by atoms with E-state index in [1.165, 1.54) is 0 Å². The monoisotopic (exact) mass is 196 g/mol. The first kappa shape index (κ1) is 8.86. The number of carbonyl (C=O) groups excluding carboxylic acids is 1. The molecule has 3 nitrogen and oxygen atoms in total. The van der Waals surface area contributed by atoms with Gasteiger partial charge in [0.05, 0.1) is 12.2 Å².